The van der Waals surface area contributed by atoms with Crippen molar-refractivity contribution in [3.05, 3.63) is 36.2 Å². The van der Waals surface area contributed by atoms with Gasteiger partial charge in [-0.1, -0.05) is 0 Å². The number of rotatable bonds is 6. The molecule has 0 aliphatic carbocycles. The number of anilines is 1. The largest absolute Gasteiger partial charge is 0.377 e. The molecule has 32 heavy (non-hydrogen) atoms. The van der Waals surface area contributed by atoms with Gasteiger partial charge in [-0.25, -0.2) is 4.98 Å². The van der Waals surface area contributed by atoms with Crippen molar-refractivity contribution in [2.45, 2.75) is 38.1 Å². The van der Waals surface area contributed by atoms with Crippen LogP contribution in [0.1, 0.15) is 37.7 Å². The standard InChI is InChI=1S/C24H29N7O/c1-17-16-32-13-12-31(17)22-14-20(18(15-25)6-11-30-9-2-3-10-30)19-4-7-26-24(23(19)28-22)21-5-8-27-29-21/h4-5,7-8,14,17-18H,2-3,6,9-13,16H2,1H3,(H,27,29)/t17-,18?/m1/s1. The summed E-state index contributed by atoms with van der Waals surface area (Å²) >= 11 is 0. The molecule has 2 fully saturated rings. The van der Waals surface area contributed by atoms with Crippen LogP contribution < -0.4 is 4.90 Å². The molecule has 2 aliphatic heterocycles. The van der Waals surface area contributed by atoms with Crippen LogP contribution in [-0.2, 0) is 4.74 Å². The van der Waals surface area contributed by atoms with Crippen LogP contribution in [0.3, 0.4) is 0 Å². The highest BCUT2D eigenvalue weighted by Crippen LogP contribution is 2.35. The monoisotopic (exact) mass is 431 g/mol. The molecule has 0 amide bonds. The Labute approximate surface area is 188 Å². The average Bonchev–Trinajstić information content (AvgIpc) is 3.54. The molecule has 0 radical (unpaired) electrons. The molecule has 166 valence electrons. The number of likely N-dealkylation sites (tertiary alicyclic amines) is 1. The number of H-pyrrole nitrogens is 1. The molecule has 0 aromatic carbocycles. The van der Waals surface area contributed by atoms with Crippen LogP contribution in [0.4, 0.5) is 5.82 Å². The van der Waals surface area contributed by atoms with Gasteiger partial charge in [-0.3, -0.25) is 10.1 Å². The maximum Gasteiger partial charge on any atom is 0.130 e. The number of hydrogen-bond donors (Lipinski definition) is 1. The minimum Gasteiger partial charge on any atom is -0.377 e. The molecule has 0 saturated carbocycles. The highest BCUT2D eigenvalue weighted by Gasteiger charge is 2.25. The van der Waals surface area contributed by atoms with E-state index >= 15 is 0 Å². The summed E-state index contributed by atoms with van der Waals surface area (Å²) in [5.41, 5.74) is 3.44. The van der Waals surface area contributed by atoms with Crippen molar-refractivity contribution >= 4 is 16.7 Å². The van der Waals surface area contributed by atoms with E-state index in [2.05, 4.69) is 44.0 Å². The Morgan fingerprint density at radius 2 is 2.12 bits per heavy atom. The van der Waals surface area contributed by atoms with E-state index in [0.717, 1.165) is 66.3 Å². The first-order valence-electron chi connectivity index (χ1n) is 11.5. The van der Waals surface area contributed by atoms with E-state index in [0.29, 0.717) is 13.2 Å². The Morgan fingerprint density at radius 3 is 2.88 bits per heavy atom. The first-order valence-corrected chi connectivity index (χ1v) is 11.5. The third kappa shape index (κ3) is 4.06. The van der Waals surface area contributed by atoms with Gasteiger partial charge in [0.25, 0.3) is 0 Å². The molecule has 0 spiro atoms. The van der Waals surface area contributed by atoms with Gasteiger partial charge in [-0.15, -0.1) is 0 Å². The zero-order valence-electron chi connectivity index (χ0n) is 18.5. The topological polar surface area (TPSA) is 94.0 Å². The zero-order valence-corrected chi connectivity index (χ0v) is 18.5. The summed E-state index contributed by atoms with van der Waals surface area (Å²) in [5, 5.41) is 18.3. The molecule has 3 aromatic rings. The molecular formula is C24H29N7O. The Hall–Kier alpha value is -3.02. The van der Waals surface area contributed by atoms with Gasteiger partial charge in [0.15, 0.2) is 0 Å². The molecule has 5 rings (SSSR count). The number of pyridine rings is 2. The fraction of sp³-hybridized carbons (Fsp3) is 0.500. The SMILES string of the molecule is C[C@@H]1COCCN1c1cc(C(C#N)CCN2CCCC2)c2ccnc(-c3ccn[nH]3)c2n1. The summed E-state index contributed by atoms with van der Waals surface area (Å²) in [6.45, 7) is 7.51. The fourth-order valence-corrected chi connectivity index (χ4v) is 4.86. The number of nitriles is 1. The van der Waals surface area contributed by atoms with Crippen molar-refractivity contribution < 1.29 is 4.74 Å². The molecule has 2 atom stereocenters. The third-order valence-corrected chi connectivity index (χ3v) is 6.63. The van der Waals surface area contributed by atoms with Crippen LogP contribution in [0.2, 0.25) is 0 Å². The molecule has 2 aliphatic rings. The van der Waals surface area contributed by atoms with Crippen LogP contribution in [-0.4, -0.2) is 70.5 Å². The quantitative estimate of drug-likeness (QED) is 0.640. The van der Waals surface area contributed by atoms with Gasteiger partial charge in [-0.05, 0) is 69.6 Å². The first-order chi connectivity index (χ1) is 15.7. The van der Waals surface area contributed by atoms with Crippen LogP contribution in [0.15, 0.2) is 30.6 Å². The van der Waals surface area contributed by atoms with Crippen LogP contribution in [0, 0.1) is 11.3 Å². The van der Waals surface area contributed by atoms with Gasteiger partial charge in [0.2, 0.25) is 0 Å². The molecule has 8 nitrogen and oxygen atoms in total. The molecular weight excluding hydrogens is 402 g/mol. The number of aromatic amines is 1. The lowest BCUT2D eigenvalue weighted by Gasteiger charge is -2.35. The smallest absolute Gasteiger partial charge is 0.130 e. The molecule has 1 N–H and O–H groups in total. The van der Waals surface area contributed by atoms with Crippen molar-refractivity contribution in [3.8, 4) is 17.5 Å². The minimum absolute atomic E-state index is 0.201. The highest BCUT2D eigenvalue weighted by molar-refractivity contribution is 5.94. The fourth-order valence-electron chi connectivity index (χ4n) is 4.86. The number of nitrogens with one attached hydrogen (secondary N) is 1. The number of morpholine rings is 1. The molecule has 2 saturated heterocycles. The summed E-state index contributed by atoms with van der Waals surface area (Å²) < 4.78 is 5.65. The Morgan fingerprint density at radius 1 is 1.25 bits per heavy atom. The van der Waals surface area contributed by atoms with Gasteiger partial charge in [-0.2, -0.15) is 10.4 Å². The first kappa shape index (κ1) is 20.9. The Bertz CT molecular complexity index is 1100. The molecule has 5 heterocycles. The maximum atomic E-state index is 10.2. The summed E-state index contributed by atoms with van der Waals surface area (Å²) in [4.78, 5) is 14.4. The number of hydrogen-bond acceptors (Lipinski definition) is 7. The number of fused-ring (bicyclic) bond motifs is 1. The number of nitrogens with zero attached hydrogens (tertiary/aromatic N) is 6. The van der Waals surface area contributed by atoms with Crippen molar-refractivity contribution in [1.82, 2.24) is 25.1 Å². The Kier molecular flexibility index (Phi) is 6.02. The van der Waals surface area contributed by atoms with Crippen molar-refractivity contribution in [1.29, 1.82) is 5.26 Å². The maximum absolute atomic E-state index is 10.2. The van der Waals surface area contributed by atoms with Crippen LogP contribution in [0.5, 0.6) is 0 Å². The Balaban J connectivity index is 1.61. The predicted octanol–water partition coefficient (Wildman–Crippen LogP) is 3.34. The van der Waals surface area contributed by atoms with E-state index in [1.807, 2.05) is 12.1 Å². The molecule has 8 heteroatoms. The lowest BCUT2D eigenvalue weighted by molar-refractivity contribution is 0.0985. The van der Waals surface area contributed by atoms with Gasteiger partial charge < -0.3 is 14.5 Å². The second-order valence-corrected chi connectivity index (χ2v) is 8.73. The van der Waals surface area contributed by atoms with Gasteiger partial charge in [0, 0.05) is 24.3 Å². The van der Waals surface area contributed by atoms with Gasteiger partial charge in [0.05, 0.1) is 36.9 Å². The van der Waals surface area contributed by atoms with Gasteiger partial charge in [0.1, 0.15) is 17.0 Å². The summed E-state index contributed by atoms with van der Waals surface area (Å²) in [6.07, 6.45) is 6.85. The second-order valence-electron chi connectivity index (χ2n) is 8.73. The van der Waals surface area contributed by atoms with Crippen LogP contribution in [0.25, 0.3) is 22.3 Å². The summed E-state index contributed by atoms with van der Waals surface area (Å²) in [5.74, 6) is 0.687. The predicted molar refractivity (Wildman–Crippen MR) is 123 cm³/mol. The normalized spacial score (nSPS) is 20.5. The van der Waals surface area contributed by atoms with E-state index in [-0.39, 0.29) is 12.0 Å². The van der Waals surface area contributed by atoms with E-state index in [1.165, 1.54) is 12.8 Å². The molecule has 1 unspecified atom stereocenters. The zero-order chi connectivity index (χ0) is 21.9. The average molecular weight is 432 g/mol. The van der Waals surface area contributed by atoms with Crippen molar-refractivity contribution in [3.63, 3.8) is 0 Å². The second kappa shape index (κ2) is 9.23. The van der Waals surface area contributed by atoms with Gasteiger partial charge >= 0.3 is 0 Å². The highest BCUT2D eigenvalue weighted by atomic mass is 16.5. The summed E-state index contributed by atoms with van der Waals surface area (Å²) in [7, 11) is 0. The van der Waals surface area contributed by atoms with Crippen LogP contribution >= 0.6 is 0 Å². The van der Waals surface area contributed by atoms with Crippen molar-refractivity contribution in [2.24, 2.45) is 0 Å². The summed E-state index contributed by atoms with van der Waals surface area (Å²) in [6, 6.07) is 8.83. The van der Waals surface area contributed by atoms with E-state index in [9.17, 15) is 5.26 Å². The molecule has 0 bridgehead atoms. The van der Waals surface area contributed by atoms with E-state index < -0.39 is 0 Å². The third-order valence-electron chi connectivity index (χ3n) is 6.63. The lowest BCUT2D eigenvalue weighted by atomic mass is 9.93. The van der Waals surface area contributed by atoms with E-state index in [1.54, 1.807) is 12.4 Å². The van der Waals surface area contributed by atoms with E-state index in [4.69, 9.17) is 9.72 Å². The number of ether oxygens (including phenoxy) is 1. The number of aromatic nitrogens is 4. The molecule has 3 aromatic heterocycles. The van der Waals surface area contributed by atoms with Crippen molar-refractivity contribution in [2.75, 3.05) is 44.3 Å². The lowest BCUT2D eigenvalue weighted by Crippen LogP contribution is -2.44. The minimum atomic E-state index is -0.201.